The standard InChI is InChI=1S/C32H29ClN2O6S/c1-4-39-26-14-11-22(17-27(26)40-5-2)29-25(31(37)38-3)18-34-32-35(29)30(36)28(42-32)16-20-9-12-24(13-10-20)41-19-21-7-6-8-23(33)15-21/h6-18,29H,4-5,19H2,1-3H3/b28-16+/t29-/m1/s1. The summed E-state index contributed by atoms with van der Waals surface area (Å²) in [7, 11) is 1.30. The third-order valence-electron chi connectivity index (χ3n) is 6.48. The van der Waals surface area contributed by atoms with Crippen LogP contribution in [0.3, 0.4) is 0 Å². The fraction of sp³-hybridized carbons (Fsp3) is 0.219. The summed E-state index contributed by atoms with van der Waals surface area (Å²) in [6.07, 6.45) is 3.27. The van der Waals surface area contributed by atoms with Gasteiger partial charge in [-0.15, -0.1) is 0 Å². The van der Waals surface area contributed by atoms with Crippen LogP contribution < -0.4 is 29.1 Å². The molecule has 10 heteroatoms. The highest BCUT2D eigenvalue weighted by Crippen LogP contribution is 2.35. The van der Waals surface area contributed by atoms with Gasteiger partial charge in [0.15, 0.2) is 16.3 Å². The Bertz CT molecular complexity index is 1810. The van der Waals surface area contributed by atoms with Gasteiger partial charge in [0.25, 0.3) is 5.56 Å². The van der Waals surface area contributed by atoms with Crippen molar-refractivity contribution in [2.24, 2.45) is 4.99 Å². The van der Waals surface area contributed by atoms with E-state index in [4.69, 9.17) is 30.5 Å². The van der Waals surface area contributed by atoms with E-state index in [0.29, 0.717) is 57.0 Å². The second-order valence-corrected chi connectivity index (χ2v) is 10.7. The summed E-state index contributed by atoms with van der Waals surface area (Å²) >= 11 is 7.30. The van der Waals surface area contributed by atoms with Crippen LogP contribution in [0.4, 0.5) is 0 Å². The van der Waals surface area contributed by atoms with Crippen LogP contribution in [0.15, 0.2) is 88.3 Å². The molecule has 0 fully saturated rings. The minimum absolute atomic E-state index is 0.240. The maximum Gasteiger partial charge on any atom is 0.337 e. The molecular weight excluding hydrogens is 576 g/mol. The Hall–Kier alpha value is -4.34. The van der Waals surface area contributed by atoms with Crippen LogP contribution in [0.5, 0.6) is 17.2 Å². The highest BCUT2D eigenvalue weighted by Gasteiger charge is 2.31. The first-order valence-corrected chi connectivity index (χ1v) is 14.6. The van der Waals surface area contributed by atoms with E-state index < -0.39 is 12.0 Å². The number of hydrogen-bond acceptors (Lipinski definition) is 8. The number of rotatable bonds is 10. The van der Waals surface area contributed by atoms with E-state index in [-0.39, 0.29) is 11.1 Å². The number of aromatic nitrogens is 1. The van der Waals surface area contributed by atoms with Crippen molar-refractivity contribution in [1.29, 1.82) is 0 Å². The molecule has 216 valence electrons. The van der Waals surface area contributed by atoms with Gasteiger partial charge in [-0.3, -0.25) is 9.36 Å². The van der Waals surface area contributed by atoms with Crippen LogP contribution in [0.2, 0.25) is 5.02 Å². The summed E-state index contributed by atoms with van der Waals surface area (Å²) in [6, 6.07) is 19.6. The second kappa shape index (κ2) is 13.1. The molecule has 4 aromatic rings. The minimum atomic E-state index is -0.756. The summed E-state index contributed by atoms with van der Waals surface area (Å²) < 4.78 is 24.4. The lowest BCUT2D eigenvalue weighted by atomic mass is 9.97. The lowest BCUT2D eigenvalue weighted by Gasteiger charge is -2.23. The van der Waals surface area contributed by atoms with Gasteiger partial charge in [-0.2, -0.15) is 0 Å². The fourth-order valence-electron chi connectivity index (χ4n) is 4.59. The molecule has 1 atom stereocenters. The van der Waals surface area contributed by atoms with Gasteiger partial charge in [0.1, 0.15) is 12.4 Å². The first-order valence-electron chi connectivity index (χ1n) is 13.4. The maximum atomic E-state index is 13.8. The van der Waals surface area contributed by atoms with Crippen LogP contribution in [0.25, 0.3) is 6.08 Å². The van der Waals surface area contributed by atoms with Gasteiger partial charge in [-0.1, -0.05) is 53.3 Å². The lowest BCUT2D eigenvalue weighted by molar-refractivity contribution is -0.136. The Morgan fingerprint density at radius 1 is 1.00 bits per heavy atom. The van der Waals surface area contributed by atoms with E-state index in [1.54, 1.807) is 18.2 Å². The van der Waals surface area contributed by atoms with Gasteiger partial charge in [0, 0.05) is 11.2 Å². The van der Waals surface area contributed by atoms with Crippen LogP contribution >= 0.6 is 22.9 Å². The van der Waals surface area contributed by atoms with Gasteiger partial charge < -0.3 is 18.9 Å². The number of hydrogen-bond donors (Lipinski definition) is 0. The molecule has 1 aliphatic heterocycles. The molecule has 0 spiro atoms. The minimum Gasteiger partial charge on any atom is -0.490 e. The number of benzene rings is 3. The zero-order chi connectivity index (χ0) is 29.6. The fourth-order valence-corrected chi connectivity index (χ4v) is 5.77. The third-order valence-corrected chi connectivity index (χ3v) is 7.71. The molecule has 0 N–H and O–H groups in total. The van der Waals surface area contributed by atoms with Crippen LogP contribution in [0.1, 0.15) is 36.6 Å². The van der Waals surface area contributed by atoms with E-state index in [9.17, 15) is 9.59 Å². The average molecular weight is 605 g/mol. The van der Waals surface area contributed by atoms with Crippen molar-refractivity contribution >= 4 is 35.0 Å². The van der Waals surface area contributed by atoms with E-state index >= 15 is 0 Å². The Labute approximate surface area is 251 Å². The van der Waals surface area contributed by atoms with Gasteiger partial charge in [-0.05, 0) is 73.0 Å². The van der Waals surface area contributed by atoms with Crippen LogP contribution in [0, 0.1) is 0 Å². The van der Waals surface area contributed by atoms with Crippen molar-refractivity contribution in [3.8, 4) is 17.2 Å². The average Bonchev–Trinajstić information content (AvgIpc) is 3.31. The number of nitrogens with zero attached hydrogens (tertiary/aromatic N) is 2. The molecule has 0 saturated carbocycles. The Morgan fingerprint density at radius 3 is 2.48 bits per heavy atom. The van der Waals surface area contributed by atoms with Crippen molar-refractivity contribution in [1.82, 2.24) is 4.57 Å². The molecule has 0 bridgehead atoms. The number of esters is 1. The molecule has 0 saturated heterocycles. The number of fused-ring (bicyclic) bond motifs is 1. The van der Waals surface area contributed by atoms with Crippen LogP contribution in [-0.4, -0.2) is 30.9 Å². The van der Waals surface area contributed by atoms with E-state index in [2.05, 4.69) is 4.99 Å². The Morgan fingerprint density at radius 2 is 1.76 bits per heavy atom. The number of carbonyl (C=O) groups is 1. The number of methoxy groups -OCH3 is 1. The quantitative estimate of drug-likeness (QED) is 0.236. The summed E-state index contributed by atoms with van der Waals surface area (Å²) in [5.41, 5.74) is 2.42. The molecule has 1 aromatic heterocycles. The normalized spacial score (nSPS) is 14.4. The summed E-state index contributed by atoms with van der Waals surface area (Å²) in [5, 5.41) is 0.658. The van der Waals surface area contributed by atoms with E-state index in [1.807, 2.05) is 68.4 Å². The summed E-state index contributed by atoms with van der Waals surface area (Å²) in [5.74, 6) is 1.23. The molecular formula is C32H29ClN2O6S. The molecule has 0 amide bonds. The van der Waals surface area contributed by atoms with Gasteiger partial charge in [0.05, 0.1) is 36.5 Å². The summed E-state index contributed by atoms with van der Waals surface area (Å²) in [6.45, 7) is 5.05. The van der Waals surface area contributed by atoms with Crippen molar-refractivity contribution in [2.45, 2.75) is 26.5 Å². The smallest absolute Gasteiger partial charge is 0.337 e. The third kappa shape index (κ3) is 6.27. The largest absolute Gasteiger partial charge is 0.490 e. The highest BCUT2D eigenvalue weighted by molar-refractivity contribution is 7.07. The number of thiazole rings is 1. The van der Waals surface area contributed by atoms with Crippen molar-refractivity contribution in [2.75, 3.05) is 20.3 Å². The highest BCUT2D eigenvalue weighted by atomic mass is 35.5. The maximum absolute atomic E-state index is 13.8. The van der Waals surface area contributed by atoms with Crippen molar-refractivity contribution in [3.05, 3.63) is 120 Å². The van der Waals surface area contributed by atoms with Gasteiger partial charge in [0.2, 0.25) is 0 Å². The first kappa shape index (κ1) is 29.2. The molecule has 1 aliphatic rings. The molecule has 8 nitrogen and oxygen atoms in total. The predicted molar refractivity (Wildman–Crippen MR) is 162 cm³/mol. The summed E-state index contributed by atoms with van der Waals surface area (Å²) in [4.78, 5) is 31.5. The van der Waals surface area contributed by atoms with E-state index in [1.165, 1.54) is 29.2 Å². The molecule has 0 radical (unpaired) electrons. The molecule has 2 heterocycles. The number of ether oxygens (including phenoxy) is 4. The molecule has 0 aliphatic carbocycles. The van der Waals surface area contributed by atoms with Crippen LogP contribution in [-0.2, 0) is 16.1 Å². The van der Waals surface area contributed by atoms with E-state index in [0.717, 1.165) is 11.1 Å². The zero-order valence-corrected chi connectivity index (χ0v) is 24.9. The Balaban J connectivity index is 1.49. The Kier molecular flexibility index (Phi) is 9.09. The SMILES string of the molecule is CCOc1ccc([C@@H]2C(C(=O)OC)=CN=c3s/c(=C/c4ccc(OCc5cccc(Cl)c5)cc4)c(=O)n32)cc1OCC. The monoisotopic (exact) mass is 604 g/mol. The predicted octanol–water partition coefficient (Wildman–Crippen LogP) is 5.05. The topological polar surface area (TPSA) is 88.4 Å². The van der Waals surface area contributed by atoms with Crippen molar-refractivity contribution < 1.29 is 23.7 Å². The second-order valence-electron chi connectivity index (χ2n) is 9.24. The number of halogens is 1. The molecule has 0 unspecified atom stereocenters. The molecule has 42 heavy (non-hydrogen) atoms. The molecule has 5 rings (SSSR count). The number of carbonyl (C=O) groups excluding carboxylic acids is 1. The van der Waals surface area contributed by atoms with Gasteiger partial charge >= 0.3 is 5.97 Å². The molecule has 3 aromatic carbocycles. The first-order chi connectivity index (χ1) is 20.4. The van der Waals surface area contributed by atoms with Gasteiger partial charge in [-0.25, -0.2) is 9.79 Å². The lowest BCUT2D eigenvalue weighted by Crippen LogP contribution is -2.39. The zero-order valence-electron chi connectivity index (χ0n) is 23.3. The van der Waals surface area contributed by atoms with Crippen molar-refractivity contribution in [3.63, 3.8) is 0 Å².